The first-order chi connectivity index (χ1) is 10.5. The van der Waals surface area contributed by atoms with Crippen LogP contribution in [0.2, 0.25) is 0 Å². The highest BCUT2D eigenvalue weighted by Crippen LogP contribution is 2.32. The van der Waals surface area contributed by atoms with E-state index in [2.05, 4.69) is 4.98 Å². The molecule has 2 aromatic heterocycles. The Morgan fingerprint density at radius 2 is 2.09 bits per heavy atom. The molecule has 110 valence electrons. The number of rotatable bonds is 3. The average Bonchev–Trinajstić information content (AvgIpc) is 2.88. The van der Waals surface area contributed by atoms with Crippen molar-refractivity contribution in [3.63, 3.8) is 0 Å². The molecule has 0 saturated heterocycles. The van der Waals surface area contributed by atoms with Crippen molar-refractivity contribution >= 4 is 22.6 Å². The number of nitro benzene ring substituents is 1. The molecule has 22 heavy (non-hydrogen) atoms. The lowest BCUT2D eigenvalue weighted by atomic mass is 10.1. The highest BCUT2D eigenvalue weighted by atomic mass is 16.6. The van der Waals surface area contributed by atoms with Crippen LogP contribution in [0, 0.1) is 10.1 Å². The van der Waals surface area contributed by atoms with Crippen molar-refractivity contribution in [3.05, 3.63) is 58.4 Å². The molecule has 0 fully saturated rings. The largest absolute Gasteiger partial charge is 0.478 e. The number of hydrogen-bond acceptors (Lipinski definition) is 4. The number of carboxylic acids is 1. The third-order valence-corrected chi connectivity index (χ3v) is 3.45. The molecule has 0 radical (unpaired) electrons. The molecule has 3 rings (SSSR count). The number of benzene rings is 1. The van der Waals surface area contributed by atoms with E-state index in [4.69, 9.17) is 5.11 Å². The number of non-ortho nitro benzene ring substituents is 1. The van der Waals surface area contributed by atoms with Crippen molar-refractivity contribution in [1.82, 2.24) is 9.55 Å². The van der Waals surface area contributed by atoms with E-state index in [0.717, 1.165) is 0 Å². The average molecular weight is 297 g/mol. The number of fused-ring (bicyclic) bond motifs is 1. The van der Waals surface area contributed by atoms with Gasteiger partial charge in [-0.15, -0.1) is 0 Å². The number of nitrogens with zero attached hydrogens (tertiary/aromatic N) is 3. The van der Waals surface area contributed by atoms with Gasteiger partial charge in [0.05, 0.1) is 16.2 Å². The first-order valence-corrected chi connectivity index (χ1v) is 6.40. The maximum Gasteiger partial charge on any atom is 0.335 e. The van der Waals surface area contributed by atoms with Gasteiger partial charge in [-0.25, -0.2) is 4.79 Å². The first-order valence-electron chi connectivity index (χ1n) is 6.40. The Morgan fingerprint density at radius 3 is 2.77 bits per heavy atom. The van der Waals surface area contributed by atoms with E-state index >= 15 is 0 Å². The Kier molecular flexibility index (Phi) is 3.10. The number of aromatic nitrogens is 2. The van der Waals surface area contributed by atoms with E-state index in [1.165, 1.54) is 24.4 Å². The van der Waals surface area contributed by atoms with Crippen LogP contribution >= 0.6 is 0 Å². The predicted octanol–water partition coefficient (Wildman–Crippen LogP) is 2.85. The second-order valence-corrected chi connectivity index (χ2v) is 4.85. The van der Waals surface area contributed by atoms with Gasteiger partial charge in [0.25, 0.3) is 5.69 Å². The van der Waals surface area contributed by atoms with Gasteiger partial charge in [0, 0.05) is 36.5 Å². The number of aryl methyl sites for hydroxylation is 1. The van der Waals surface area contributed by atoms with Crippen LogP contribution in [0.15, 0.2) is 42.7 Å². The van der Waals surface area contributed by atoms with Crippen molar-refractivity contribution in [3.8, 4) is 11.3 Å². The lowest BCUT2D eigenvalue weighted by molar-refractivity contribution is -0.383. The third kappa shape index (κ3) is 2.18. The third-order valence-electron chi connectivity index (χ3n) is 3.45. The van der Waals surface area contributed by atoms with Crippen molar-refractivity contribution in [1.29, 1.82) is 0 Å². The van der Waals surface area contributed by atoms with Crippen LogP contribution in [0.1, 0.15) is 10.4 Å². The molecule has 0 amide bonds. The van der Waals surface area contributed by atoms with Gasteiger partial charge in [0.1, 0.15) is 5.52 Å². The van der Waals surface area contributed by atoms with Crippen molar-refractivity contribution in [2.75, 3.05) is 0 Å². The summed E-state index contributed by atoms with van der Waals surface area (Å²) >= 11 is 0. The standard InChI is InChI=1S/C15H11N3O4/c1-17-5-3-9-6-11(8-13(14(9)17)18(21)22)12-7-10(15(19)20)2-4-16-12/h2-8H,1H3,(H,19,20). The number of carboxylic acid groups (broad SMARTS) is 1. The lowest BCUT2D eigenvalue weighted by Gasteiger charge is -2.05. The molecular formula is C15H11N3O4. The fourth-order valence-electron chi connectivity index (χ4n) is 2.43. The summed E-state index contributed by atoms with van der Waals surface area (Å²) in [4.78, 5) is 26.0. The maximum atomic E-state index is 11.3. The van der Waals surface area contributed by atoms with E-state index in [1.54, 1.807) is 29.9 Å². The van der Waals surface area contributed by atoms with Crippen LogP contribution in [0.3, 0.4) is 0 Å². The molecule has 0 aliphatic heterocycles. The van der Waals surface area contributed by atoms with Crippen LogP contribution in [-0.4, -0.2) is 25.6 Å². The summed E-state index contributed by atoms with van der Waals surface area (Å²) in [5.41, 5.74) is 1.45. The lowest BCUT2D eigenvalue weighted by Crippen LogP contribution is -1.98. The topological polar surface area (TPSA) is 98.3 Å². The Labute approximate surface area is 124 Å². The van der Waals surface area contributed by atoms with Crippen molar-refractivity contribution < 1.29 is 14.8 Å². The number of pyridine rings is 1. The molecule has 0 atom stereocenters. The highest BCUT2D eigenvalue weighted by Gasteiger charge is 2.18. The predicted molar refractivity (Wildman–Crippen MR) is 79.8 cm³/mol. The van der Waals surface area contributed by atoms with Crippen LogP contribution in [0.25, 0.3) is 22.2 Å². The SMILES string of the molecule is Cn1ccc2cc(-c3cc(C(=O)O)ccn3)cc([N+](=O)[O-])c21. The minimum atomic E-state index is -1.07. The van der Waals surface area contributed by atoms with Gasteiger partial charge in [-0.2, -0.15) is 0 Å². The minimum absolute atomic E-state index is 0.0393. The fraction of sp³-hybridized carbons (Fsp3) is 0.0667. The van der Waals surface area contributed by atoms with E-state index < -0.39 is 10.9 Å². The molecule has 3 aromatic rings. The molecule has 0 aliphatic rings. The molecule has 0 unspecified atom stereocenters. The van der Waals surface area contributed by atoms with Crippen LogP contribution in [0.5, 0.6) is 0 Å². The fourth-order valence-corrected chi connectivity index (χ4v) is 2.43. The minimum Gasteiger partial charge on any atom is -0.478 e. The van der Waals surface area contributed by atoms with Gasteiger partial charge in [0.15, 0.2) is 0 Å². The van der Waals surface area contributed by atoms with Crippen LogP contribution in [-0.2, 0) is 7.05 Å². The molecule has 0 bridgehead atoms. The Balaban J connectivity index is 2.26. The smallest absolute Gasteiger partial charge is 0.335 e. The molecule has 2 heterocycles. The Bertz CT molecular complexity index is 914. The van der Waals surface area contributed by atoms with Gasteiger partial charge in [-0.05, 0) is 24.3 Å². The second kappa shape index (κ2) is 4.96. The zero-order valence-electron chi connectivity index (χ0n) is 11.6. The number of hydrogen-bond donors (Lipinski definition) is 1. The van der Waals surface area contributed by atoms with Gasteiger partial charge in [-0.1, -0.05) is 0 Å². The van der Waals surface area contributed by atoms with Gasteiger partial charge in [-0.3, -0.25) is 15.1 Å². The number of carbonyl (C=O) groups is 1. The van der Waals surface area contributed by atoms with E-state index in [0.29, 0.717) is 22.2 Å². The summed E-state index contributed by atoms with van der Waals surface area (Å²) in [5, 5.41) is 21.0. The number of aromatic carboxylic acids is 1. The molecule has 0 spiro atoms. The van der Waals surface area contributed by atoms with Crippen LogP contribution < -0.4 is 0 Å². The molecule has 7 heteroatoms. The zero-order chi connectivity index (χ0) is 15.9. The van der Waals surface area contributed by atoms with Crippen LogP contribution in [0.4, 0.5) is 5.69 Å². The summed E-state index contributed by atoms with van der Waals surface area (Å²) in [5.74, 6) is -1.07. The second-order valence-electron chi connectivity index (χ2n) is 4.85. The zero-order valence-corrected chi connectivity index (χ0v) is 11.6. The van der Waals surface area contributed by atoms with Gasteiger partial charge >= 0.3 is 5.97 Å². The summed E-state index contributed by atoms with van der Waals surface area (Å²) in [7, 11) is 1.73. The monoisotopic (exact) mass is 297 g/mol. The molecule has 0 saturated carbocycles. The summed E-state index contributed by atoms with van der Waals surface area (Å²) < 4.78 is 1.68. The maximum absolute atomic E-state index is 11.3. The summed E-state index contributed by atoms with van der Waals surface area (Å²) in [6.45, 7) is 0. The number of nitro groups is 1. The highest BCUT2D eigenvalue weighted by molar-refractivity contribution is 5.94. The van der Waals surface area contributed by atoms with E-state index in [-0.39, 0.29) is 11.3 Å². The molecule has 7 nitrogen and oxygen atoms in total. The van der Waals surface area contributed by atoms with Crippen molar-refractivity contribution in [2.45, 2.75) is 0 Å². The molecule has 1 aromatic carbocycles. The molecular weight excluding hydrogens is 286 g/mol. The normalized spacial score (nSPS) is 10.8. The quantitative estimate of drug-likeness (QED) is 0.592. The van der Waals surface area contributed by atoms with Crippen molar-refractivity contribution in [2.24, 2.45) is 7.05 Å². The van der Waals surface area contributed by atoms with Gasteiger partial charge in [0.2, 0.25) is 0 Å². The Morgan fingerprint density at radius 1 is 1.32 bits per heavy atom. The first kappa shape index (κ1) is 13.7. The summed E-state index contributed by atoms with van der Waals surface area (Å²) in [6, 6.07) is 7.72. The summed E-state index contributed by atoms with van der Waals surface area (Å²) in [6.07, 6.45) is 3.11. The molecule has 1 N–H and O–H groups in total. The van der Waals surface area contributed by atoms with Gasteiger partial charge < -0.3 is 9.67 Å². The van der Waals surface area contributed by atoms with E-state index in [9.17, 15) is 14.9 Å². The molecule has 0 aliphatic carbocycles. The Hall–Kier alpha value is -3.22. The van der Waals surface area contributed by atoms with E-state index in [1.807, 2.05) is 0 Å².